The minimum Gasteiger partial charge on any atom is -0.381 e. The smallest absolute Gasteiger partial charge is 0.0500 e. The molecule has 0 amide bonds. The molecule has 0 fully saturated rings. The summed E-state index contributed by atoms with van der Waals surface area (Å²) in [5, 5.41) is 0. The Morgan fingerprint density at radius 3 is 2.67 bits per heavy atom. The van der Waals surface area contributed by atoms with Crippen molar-refractivity contribution >= 4 is 5.57 Å². The van der Waals surface area contributed by atoms with Gasteiger partial charge in [-0.25, -0.2) is 0 Å². The van der Waals surface area contributed by atoms with E-state index in [1.165, 1.54) is 11.1 Å². The van der Waals surface area contributed by atoms with Gasteiger partial charge in [0, 0.05) is 6.61 Å². The summed E-state index contributed by atoms with van der Waals surface area (Å²) >= 11 is 0. The van der Waals surface area contributed by atoms with Crippen molar-refractivity contribution in [2.45, 2.75) is 13.3 Å². The third-order valence-corrected chi connectivity index (χ3v) is 2.16. The summed E-state index contributed by atoms with van der Waals surface area (Å²) in [6, 6.07) is 10.3. The highest BCUT2D eigenvalue weighted by molar-refractivity contribution is 5.73. The van der Waals surface area contributed by atoms with E-state index in [2.05, 4.69) is 24.8 Å². The summed E-state index contributed by atoms with van der Waals surface area (Å²) in [5.74, 6) is 0. The quantitative estimate of drug-likeness (QED) is 0.505. The highest BCUT2D eigenvalue weighted by atomic mass is 16.5. The molecular formula is C14H18O. The van der Waals surface area contributed by atoms with Gasteiger partial charge < -0.3 is 4.74 Å². The predicted octanol–water partition coefficient (Wildman–Crippen LogP) is 3.68. The van der Waals surface area contributed by atoms with Crippen LogP contribution in [-0.4, -0.2) is 13.2 Å². The number of rotatable bonds is 6. The molecule has 0 saturated carbocycles. The second-order valence-corrected chi connectivity index (χ2v) is 3.22. The van der Waals surface area contributed by atoms with Crippen molar-refractivity contribution in [1.29, 1.82) is 0 Å². The Balaban J connectivity index is 2.59. The molecule has 0 heterocycles. The van der Waals surface area contributed by atoms with Gasteiger partial charge in [-0.3, -0.25) is 0 Å². The SMILES string of the molecule is C=C/C(=C\CCOCC)c1ccccc1. The van der Waals surface area contributed by atoms with Gasteiger partial charge in [0.2, 0.25) is 0 Å². The average molecular weight is 202 g/mol. The van der Waals surface area contributed by atoms with E-state index in [0.717, 1.165) is 19.6 Å². The maximum absolute atomic E-state index is 5.29. The van der Waals surface area contributed by atoms with Crippen molar-refractivity contribution in [2.24, 2.45) is 0 Å². The van der Waals surface area contributed by atoms with Crippen molar-refractivity contribution in [2.75, 3.05) is 13.2 Å². The van der Waals surface area contributed by atoms with Gasteiger partial charge in [0.05, 0.1) is 6.61 Å². The van der Waals surface area contributed by atoms with Crippen LogP contribution >= 0.6 is 0 Å². The summed E-state index contributed by atoms with van der Waals surface area (Å²) in [5.41, 5.74) is 2.39. The first-order chi connectivity index (χ1) is 7.38. The first kappa shape index (κ1) is 11.7. The van der Waals surface area contributed by atoms with Crippen LogP contribution < -0.4 is 0 Å². The summed E-state index contributed by atoms with van der Waals surface area (Å²) in [4.78, 5) is 0. The zero-order valence-electron chi connectivity index (χ0n) is 9.28. The molecule has 0 aliphatic rings. The molecule has 0 radical (unpaired) electrons. The van der Waals surface area contributed by atoms with Gasteiger partial charge in [0.15, 0.2) is 0 Å². The van der Waals surface area contributed by atoms with Gasteiger partial charge >= 0.3 is 0 Å². The molecule has 1 heteroatoms. The zero-order valence-corrected chi connectivity index (χ0v) is 9.28. The Labute approximate surface area is 92.1 Å². The summed E-state index contributed by atoms with van der Waals surface area (Å²) in [7, 11) is 0. The van der Waals surface area contributed by atoms with Crippen molar-refractivity contribution in [1.82, 2.24) is 0 Å². The molecule has 15 heavy (non-hydrogen) atoms. The molecule has 0 N–H and O–H groups in total. The lowest BCUT2D eigenvalue weighted by Crippen LogP contribution is -1.91. The van der Waals surface area contributed by atoms with Crippen molar-refractivity contribution in [3.05, 3.63) is 54.6 Å². The van der Waals surface area contributed by atoms with E-state index in [-0.39, 0.29) is 0 Å². The van der Waals surface area contributed by atoms with Gasteiger partial charge in [-0.15, -0.1) is 0 Å². The van der Waals surface area contributed by atoms with E-state index < -0.39 is 0 Å². The molecule has 0 spiro atoms. The van der Waals surface area contributed by atoms with Gasteiger partial charge in [0.1, 0.15) is 0 Å². The van der Waals surface area contributed by atoms with Crippen LogP contribution in [0, 0.1) is 0 Å². The van der Waals surface area contributed by atoms with Crippen LogP contribution in [0.3, 0.4) is 0 Å². The Morgan fingerprint density at radius 2 is 2.07 bits per heavy atom. The fraction of sp³-hybridized carbons (Fsp3) is 0.286. The second-order valence-electron chi connectivity index (χ2n) is 3.22. The van der Waals surface area contributed by atoms with Crippen LogP contribution in [0.5, 0.6) is 0 Å². The minimum absolute atomic E-state index is 0.778. The molecular weight excluding hydrogens is 184 g/mol. The fourth-order valence-corrected chi connectivity index (χ4v) is 1.39. The molecule has 0 aliphatic carbocycles. The van der Waals surface area contributed by atoms with E-state index in [9.17, 15) is 0 Å². The van der Waals surface area contributed by atoms with E-state index in [0.29, 0.717) is 0 Å². The molecule has 1 nitrogen and oxygen atoms in total. The van der Waals surface area contributed by atoms with Crippen LogP contribution in [0.2, 0.25) is 0 Å². The van der Waals surface area contributed by atoms with Gasteiger partial charge in [0.25, 0.3) is 0 Å². The lowest BCUT2D eigenvalue weighted by atomic mass is 10.1. The standard InChI is InChI=1S/C14H18O/c1-3-13(11-8-12-15-4-2)14-9-6-5-7-10-14/h3,5-7,9-11H,1,4,8,12H2,2H3/b13-11+. The van der Waals surface area contributed by atoms with E-state index >= 15 is 0 Å². The molecule has 1 aromatic rings. The minimum atomic E-state index is 0.778. The van der Waals surface area contributed by atoms with Gasteiger partial charge in [-0.2, -0.15) is 0 Å². The Morgan fingerprint density at radius 1 is 1.33 bits per heavy atom. The Hall–Kier alpha value is -1.34. The van der Waals surface area contributed by atoms with Crippen LogP contribution in [0.4, 0.5) is 0 Å². The fourth-order valence-electron chi connectivity index (χ4n) is 1.39. The first-order valence-corrected chi connectivity index (χ1v) is 5.34. The van der Waals surface area contributed by atoms with Crippen LogP contribution in [0.15, 0.2) is 49.1 Å². The summed E-state index contributed by atoms with van der Waals surface area (Å²) in [6.45, 7) is 7.40. The average Bonchev–Trinajstić information content (AvgIpc) is 2.30. The molecule has 0 unspecified atom stereocenters. The largest absolute Gasteiger partial charge is 0.381 e. The molecule has 0 aromatic heterocycles. The number of allylic oxidation sites excluding steroid dienone is 2. The lowest BCUT2D eigenvalue weighted by Gasteiger charge is -2.02. The lowest BCUT2D eigenvalue weighted by molar-refractivity contribution is 0.152. The predicted molar refractivity (Wildman–Crippen MR) is 65.7 cm³/mol. The molecule has 1 aromatic carbocycles. The van der Waals surface area contributed by atoms with Crippen molar-refractivity contribution < 1.29 is 4.74 Å². The number of ether oxygens (including phenoxy) is 1. The number of hydrogen-bond acceptors (Lipinski definition) is 1. The van der Waals surface area contributed by atoms with Crippen LogP contribution in [-0.2, 0) is 4.74 Å². The van der Waals surface area contributed by atoms with Crippen molar-refractivity contribution in [3.8, 4) is 0 Å². The van der Waals surface area contributed by atoms with Crippen molar-refractivity contribution in [3.63, 3.8) is 0 Å². The topological polar surface area (TPSA) is 9.23 Å². The highest BCUT2D eigenvalue weighted by Crippen LogP contribution is 2.15. The van der Waals surface area contributed by atoms with Gasteiger partial charge in [-0.05, 0) is 24.5 Å². The number of hydrogen-bond donors (Lipinski definition) is 0. The highest BCUT2D eigenvalue weighted by Gasteiger charge is 1.94. The molecule has 80 valence electrons. The van der Waals surface area contributed by atoms with Crippen LogP contribution in [0.1, 0.15) is 18.9 Å². The summed E-state index contributed by atoms with van der Waals surface area (Å²) < 4.78 is 5.29. The summed E-state index contributed by atoms with van der Waals surface area (Å²) in [6.07, 6.45) is 4.99. The number of benzene rings is 1. The Bertz CT molecular complexity index is 311. The molecule has 0 aliphatic heterocycles. The monoisotopic (exact) mass is 202 g/mol. The normalized spacial score (nSPS) is 11.4. The van der Waals surface area contributed by atoms with E-state index in [1.54, 1.807) is 0 Å². The van der Waals surface area contributed by atoms with Gasteiger partial charge in [-0.1, -0.05) is 49.1 Å². The van der Waals surface area contributed by atoms with E-state index in [1.807, 2.05) is 31.2 Å². The van der Waals surface area contributed by atoms with Crippen LogP contribution in [0.25, 0.3) is 5.57 Å². The molecule has 0 saturated heterocycles. The maximum atomic E-state index is 5.29. The third-order valence-electron chi connectivity index (χ3n) is 2.16. The molecule has 0 bridgehead atoms. The molecule has 1 rings (SSSR count). The maximum Gasteiger partial charge on any atom is 0.0500 e. The molecule has 0 atom stereocenters. The van der Waals surface area contributed by atoms with E-state index in [4.69, 9.17) is 4.74 Å². The zero-order chi connectivity index (χ0) is 10.9. The third kappa shape index (κ3) is 4.13. The second kappa shape index (κ2) is 7.02. The Kier molecular flexibility index (Phi) is 5.49. The first-order valence-electron chi connectivity index (χ1n) is 5.34.